The first kappa shape index (κ1) is 19.0. The molecule has 3 aromatic carbocycles. The average molecular weight is 388 g/mol. The third-order valence-electron chi connectivity index (χ3n) is 5.41. The average Bonchev–Trinajstić information content (AvgIpc) is 3.04. The van der Waals surface area contributed by atoms with Gasteiger partial charge < -0.3 is 14.5 Å². The van der Waals surface area contributed by atoms with E-state index in [0.717, 1.165) is 22.8 Å². The number of amides is 2. The lowest BCUT2D eigenvalue weighted by molar-refractivity contribution is 0.0719. The van der Waals surface area contributed by atoms with Crippen LogP contribution in [-0.2, 0) is 0 Å². The monoisotopic (exact) mass is 388 g/mol. The molecule has 3 aromatic rings. The van der Waals surface area contributed by atoms with E-state index >= 15 is 0 Å². The number of hydrogen-bond acceptors (Lipinski definition) is 3. The predicted molar refractivity (Wildman–Crippen MR) is 113 cm³/mol. The van der Waals surface area contributed by atoms with Crippen LogP contribution in [0.1, 0.15) is 27.1 Å². The third kappa shape index (κ3) is 3.94. The fraction of sp³-hybridized carbons (Fsp3) is 0.250. The van der Waals surface area contributed by atoms with E-state index in [2.05, 4.69) is 0 Å². The Bertz CT molecular complexity index is 1040. The lowest BCUT2D eigenvalue weighted by atomic mass is 10.0. The number of rotatable bonds is 3. The smallest absolute Gasteiger partial charge is 0.254 e. The molecule has 0 saturated carbocycles. The van der Waals surface area contributed by atoms with Gasteiger partial charge in [-0.25, -0.2) is 0 Å². The van der Waals surface area contributed by atoms with Crippen LogP contribution in [0, 0.1) is 0 Å². The summed E-state index contributed by atoms with van der Waals surface area (Å²) in [5, 5.41) is 2.02. The largest absolute Gasteiger partial charge is 0.497 e. The van der Waals surface area contributed by atoms with E-state index in [0.29, 0.717) is 37.5 Å². The van der Waals surface area contributed by atoms with Crippen molar-refractivity contribution in [2.75, 3.05) is 33.3 Å². The summed E-state index contributed by atoms with van der Waals surface area (Å²) < 4.78 is 5.23. The molecule has 1 aliphatic rings. The summed E-state index contributed by atoms with van der Waals surface area (Å²) in [6.07, 6.45) is 0.756. The van der Waals surface area contributed by atoms with Crippen LogP contribution in [0.25, 0.3) is 10.8 Å². The van der Waals surface area contributed by atoms with Crippen LogP contribution in [0.4, 0.5) is 0 Å². The minimum absolute atomic E-state index is 0.0247. The molecule has 2 amide bonds. The van der Waals surface area contributed by atoms with Crippen molar-refractivity contribution in [1.82, 2.24) is 9.80 Å². The third-order valence-corrected chi connectivity index (χ3v) is 5.41. The van der Waals surface area contributed by atoms with Crippen molar-refractivity contribution >= 4 is 22.6 Å². The molecule has 1 heterocycles. The van der Waals surface area contributed by atoms with Gasteiger partial charge in [0.05, 0.1) is 7.11 Å². The van der Waals surface area contributed by atoms with Gasteiger partial charge in [-0.3, -0.25) is 9.59 Å². The molecule has 1 saturated heterocycles. The maximum Gasteiger partial charge on any atom is 0.254 e. The zero-order valence-corrected chi connectivity index (χ0v) is 16.5. The molecule has 1 aliphatic heterocycles. The summed E-state index contributed by atoms with van der Waals surface area (Å²) in [7, 11) is 1.59. The summed E-state index contributed by atoms with van der Waals surface area (Å²) in [4.78, 5) is 29.8. The number of nitrogens with zero attached hydrogens (tertiary/aromatic N) is 2. The molecule has 5 nitrogen and oxygen atoms in total. The Morgan fingerprint density at radius 2 is 1.48 bits per heavy atom. The van der Waals surface area contributed by atoms with Gasteiger partial charge in [0.15, 0.2) is 0 Å². The maximum absolute atomic E-state index is 13.2. The Balaban J connectivity index is 1.50. The predicted octanol–water partition coefficient (Wildman–Crippen LogP) is 3.84. The summed E-state index contributed by atoms with van der Waals surface area (Å²) >= 11 is 0. The van der Waals surface area contributed by atoms with Gasteiger partial charge in [0.2, 0.25) is 0 Å². The van der Waals surface area contributed by atoms with Crippen molar-refractivity contribution in [3.05, 3.63) is 77.9 Å². The van der Waals surface area contributed by atoms with Gasteiger partial charge in [-0.05, 0) is 41.5 Å². The number of fused-ring (bicyclic) bond motifs is 1. The highest BCUT2D eigenvalue weighted by Gasteiger charge is 2.24. The quantitative estimate of drug-likeness (QED) is 0.685. The molecule has 1 fully saturated rings. The Hall–Kier alpha value is -3.34. The summed E-state index contributed by atoms with van der Waals surface area (Å²) in [6, 6.07) is 21.0. The molecule has 0 N–H and O–H groups in total. The minimum Gasteiger partial charge on any atom is -0.497 e. The first-order valence-corrected chi connectivity index (χ1v) is 9.88. The highest BCUT2D eigenvalue weighted by atomic mass is 16.5. The minimum atomic E-state index is -0.0247. The van der Waals surface area contributed by atoms with Crippen LogP contribution in [-0.4, -0.2) is 54.9 Å². The number of hydrogen-bond donors (Lipinski definition) is 0. The van der Waals surface area contributed by atoms with Crippen LogP contribution in [0.2, 0.25) is 0 Å². The first-order chi connectivity index (χ1) is 14.2. The molecular formula is C24H24N2O3. The van der Waals surface area contributed by atoms with Crippen LogP contribution in [0.5, 0.6) is 5.75 Å². The fourth-order valence-corrected chi connectivity index (χ4v) is 3.84. The van der Waals surface area contributed by atoms with Gasteiger partial charge in [-0.15, -0.1) is 0 Å². The van der Waals surface area contributed by atoms with Gasteiger partial charge in [-0.2, -0.15) is 0 Å². The molecule has 0 bridgehead atoms. The number of ether oxygens (including phenoxy) is 1. The van der Waals surface area contributed by atoms with Crippen LogP contribution >= 0.6 is 0 Å². The van der Waals surface area contributed by atoms with Gasteiger partial charge in [0, 0.05) is 37.3 Å². The van der Waals surface area contributed by atoms with Gasteiger partial charge >= 0.3 is 0 Å². The van der Waals surface area contributed by atoms with Crippen molar-refractivity contribution in [2.24, 2.45) is 0 Å². The number of benzene rings is 3. The number of carbonyl (C=O) groups excluding carboxylic acids is 2. The first-order valence-electron chi connectivity index (χ1n) is 9.88. The van der Waals surface area contributed by atoms with E-state index in [1.807, 2.05) is 64.4 Å². The molecule has 29 heavy (non-hydrogen) atoms. The summed E-state index contributed by atoms with van der Waals surface area (Å²) in [6.45, 7) is 2.32. The van der Waals surface area contributed by atoms with Crippen LogP contribution in [0.3, 0.4) is 0 Å². The molecule has 4 rings (SSSR count). The molecule has 0 atom stereocenters. The fourth-order valence-electron chi connectivity index (χ4n) is 3.84. The Morgan fingerprint density at radius 1 is 0.793 bits per heavy atom. The van der Waals surface area contributed by atoms with E-state index in [4.69, 9.17) is 4.74 Å². The summed E-state index contributed by atoms with van der Waals surface area (Å²) in [5.74, 6) is 0.666. The highest BCUT2D eigenvalue weighted by Crippen LogP contribution is 2.21. The second kappa shape index (κ2) is 8.35. The van der Waals surface area contributed by atoms with Crippen molar-refractivity contribution in [3.63, 3.8) is 0 Å². The SMILES string of the molecule is COc1cccc(C(=O)N2CCCN(C(=O)c3cccc4ccccc34)CC2)c1. The Morgan fingerprint density at radius 3 is 2.28 bits per heavy atom. The molecule has 0 unspecified atom stereocenters. The van der Waals surface area contributed by atoms with Crippen LogP contribution < -0.4 is 4.74 Å². The van der Waals surface area contributed by atoms with Crippen LogP contribution in [0.15, 0.2) is 66.7 Å². The Kier molecular flexibility index (Phi) is 5.47. The van der Waals surface area contributed by atoms with Crippen molar-refractivity contribution in [3.8, 4) is 5.75 Å². The zero-order valence-electron chi connectivity index (χ0n) is 16.5. The Labute approximate surface area is 170 Å². The standard InChI is InChI=1S/C24H24N2O3/c1-29-20-10-4-9-19(17-20)23(27)25-13-6-14-26(16-15-25)24(28)22-12-5-8-18-7-2-3-11-21(18)22/h2-5,7-12,17H,6,13-16H2,1H3. The van der Waals surface area contributed by atoms with E-state index < -0.39 is 0 Å². The maximum atomic E-state index is 13.2. The van der Waals surface area contributed by atoms with Gasteiger partial charge in [0.25, 0.3) is 11.8 Å². The number of methoxy groups -OCH3 is 1. The highest BCUT2D eigenvalue weighted by molar-refractivity contribution is 6.07. The molecule has 5 heteroatoms. The molecular weight excluding hydrogens is 364 g/mol. The lowest BCUT2D eigenvalue weighted by Gasteiger charge is -2.23. The van der Waals surface area contributed by atoms with Crippen molar-refractivity contribution in [1.29, 1.82) is 0 Å². The summed E-state index contributed by atoms with van der Waals surface area (Å²) in [5.41, 5.74) is 1.33. The van der Waals surface area contributed by atoms with E-state index in [1.54, 1.807) is 19.2 Å². The molecule has 0 radical (unpaired) electrons. The normalized spacial score (nSPS) is 14.5. The van der Waals surface area contributed by atoms with E-state index in [9.17, 15) is 9.59 Å². The van der Waals surface area contributed by atoms with Gasteiger partial charge in [0.1, 0.15) is 5.75 Å². The topological polar surface area (TPSA) is 49.9 Å². The second-order valence-corrected chi connectivity index (χ2v) is 7.20. The van der Waals surface area contributed by atoms with E-state index in [1.165, 1.54) is 0 Å². The molecule has 0 aliphatic carbocycles. The molecule has 148 valence electrons. The van der Waals surface area contributed by atoms with Crippen molar-refractivity contribution in [2.45, 2.75) is 6.42 Å². The zero-order chi connectivity index (χ0) is 20.2. The lowest BCUT2D eigenvalue weighted by Crippen LogP contribution is -2.37. The second-order valence-electron chi connectivity index (χ2n) is 7.20. The van der Waals surface area contributed by atoms with E-state index in [-0.39, 0.29) is 11.8 Å². The molecule has 0 spiro atoms. The van der Waals surface area contributed by atoms with Gasteiger partial charge in [-0.1, -0.05) is 42.5 Å². The number of carbonyl (C=O) groups is 2. The molecule has 0 aromatic heterocycles. The van der Waals surface area contributed by atoms with Crippen molar-refractivity contribution < 1.29 is 14.3 Å².